The van der Waals surface area contributed by atoms with Gasteiger partial charge in [0.05, 0.1) is 0 Å². The topological polar surface area (TPSA) is 85.5 Å². The van der Waals surface area contributed by atoms with E-state index in [9.17, 15) is 0 Å². The van der Waals surface area contributed by atoms with E-state index in [-0.39, 0.29) is 72.5 Å². The number of hydrogen-bond donors (Lipinski definition) is 0. The van der Waals surface area contributed by atoms with Crippen LogP contribution in [0.1, 0.15) is 0 Å². The second kappa shape index (κ2) is 78.2. The molecular formula is CuO3Zn2. The molecule has 0 amide bonds. The Morgan fingerprint density at radius 2 is 0.500 bits per heavy atom. The monoisotopic (exact) mass is 239 g/mol. The average molecular weight is 242 g/mol. The van der Waals surface area contributed by atoms with Crippen LogP contribution in [0.2, 0.25) is 0 Å². The fraction of sp³-hybridized carbons (Fsp3) is 0. The molecule has 0 atom stereocenters. The average Bonchev–Trinajstić information content (AvgIpc) is 0. The van der Waals surface area contributed by atoms with Crippen LogP contribution in [0.3, 0.4) is 0 Å². The van der Waals surface area contributed by atoms with Crippen molar-refractivity contribution in [1.82, 2.24) is 0 Å². The number of hydrogen-bond acceptors (Lipinski definition) is 0. The second-order valence-electron chi connectivity index (χ2n) is 0. The summed E-state index contributed by atoms with van der Waals surface area (Å²) in [6, 6.07) is 0. The Bertz CT molecular complexity index is 8.75. The third kappa shape index (κ3) is 45.0. The van der Waals surface area contributed by atoms with Gasteiger partial charge in [-0.05, 0) is 0 Å². The van der Waals surface area contributed by atoms with Gasteiger partial charge in [0.2, 0.25) is 0 Å². The Morgan fingerprint density at radius 3 is 0.500 bits per heavy atom. The first-order valence-electron chi connectivity index (χ1n) is 0. The van der Waals surface area contributed by atoms with Crippen molar-refractivity contribution in [2.75, 3.05) is 0 Å². The molecule has 3 nitrogen and oxygen atoms in total. The van der Waals surface area contributed by atoms with Crippen LogP contribution >= 0.6 is 0 Å². The third-order valence-corrected chi connectivity index (χ3v) is 0. The molecule has 0 rings (SSSR count). The molecule has 0 aliphatic heterocycles. The van der Waals surface area contributed by atoms with E-state index in [2.05, 4.69) is 0 Å². The minimum absolute atomic E-state index is 0. The van der Waals surface area contributed by atoms with Crippen molar-refractivity contribution in [1.29, 1.82) is 0 Å². The first-order valence-corrected chi connectivity index (χ1v) is 0. The SMILES string of the molecule is [Cu+2].[O-2].[O-2].[O-2].[Zn+2].[Zn+2]. The van der Waals surface area contributed by atoms with Crippen molar-refractivity contribution >= 4 is 0 Å². The summed E-state index contributed by atoms with van der Waals surface area (Å²) in [6.45, 7) is 0. The Hall–Kier alpha value is 1.65. The molecule has 0 aliphatic carbocycles. The largest absolute Gasteiger partial charge is 2.00 e. The van der Waals surface area contributed by atoms with E-state index in [0.29, 0.717) is 0 Å². The summed E-state index contributed by atoms with van der Waals surface area (Å²) in [7, 11) is 0. The zero-order chi connectivity index (χ0) is 0. The van der Waals surface area contributed by atoms with Gasteiger partial charge < -0.3 is 16.4 Å². The Labute approximate surface area is 72.2 Å². The smallest absolute Gasteiger partial charge is 2.00 e. The fourth-order valence-electron chi connectivity index (χ4n) is 0. The molecule has 0 heterocycles. The minimum atomic E-state index is 0. The van der Waals surface area contributed by atoms with Gasteiger partial charge in [-0.2, -0.15) is 0 Å². The van der Waals surface area contributed by atoms with Crippen molar-refractivity contribution in [3.8, 4) is 0 Å². The summed E-state index contributed by atoms with van der Waals surface area (Å²) in [5.74, 6) is 0. The van der Waals surface area contributed by atoms with E-state index in [1.54, 1.807) is 0 Å². The summed E-state index contributed by atoms with van der Waals surface area (Å²) in [5, 5.41) is 0. The van der Waals surface area contributed by atoms with E-state index in [4.69, 9.17) is 0 Å². The maximum absolute atomic E-state index is 0. The van der Waals surface area contributed by atoms with Gasteiger partial charge in [-0.3, -0.25) is 0 Å². The standard InChI is InChI=1S/Cu.3O.2Zn/q+2;3*-2;2*+2. The Balaban J connectivity index is 0. The Morgan fingerprint density at radius 1 is 0.500 bits per heavy atom. The van der Waals surface area contributed by atoms with Crippen molar-refractivity contribution in [2.45, 2.75) is 0 Å². The van der Waals surface area contributed by atoms with Gasteiger partial charge in [-0.25, -0.2) is 0 Å². The van der Waals surface area contributed by atoms with Crippen LogP contribution in [0.5, 0.6) is 0 Å². The van der Waals surface area contributed by atoms with Crippen molar-refractivity contribution in [3.63, 3.8) is 0 Å². The van der Waals surface area contributed by atoms with Crippen LogP contribution in [0, 0.1) is 0 Å². The normalized spacial score (nSPS) is 0. The second-order valence-corrected chi connectivity index (χ2v) is 0. The van der Waals surface area contributed by atoms with Crippen molar-refractivity contribution < 1.29 is 72.5 Å². The molecule has 0 spiro atoms. The zero-order valence-electron chi connectivity index (χ0n) is 2.94. The van der Waals surface area contributed by atoms with Gasteiger partial charge in [-0.1, -0.05) is 0 Å². The summed E-state index contributed by atoms with van der Waals surface area (Å²) in [6.07, 6.45) is 0. The maximum atomic E-state index is 0. The van der Waals surface area contributed by atoms with Gasteiger partial charge >= 0.3 is 56.0 Å². The van der Waals surface area contributed by atoms with Crippen molar-refractivity contribution in [3.05, 3.63) is 0 Å². The van der Waals surface area contributed by atoms with Gasteiger partial charge in [0.25, 0.3) is 0 Å². The first-order chi connectivity index (χ1) is 0. The molecule has 0 bridgehead atoms. The van der Waals surface area contributed by atoms with Crippen LogP contribution in [-0.2, 0) is 72.5 Å². The van der Waals surface area contributed by atoms with Gasteiger partial charge in [0.15, 0.2) is 0 Å². The number of rotatable bonds is 0. The molecule has 0 aromatic rings. The van der Waals surface area contributed by atoms with Crippen LogP contribution in [0.4, 0.5) is 0 Å². The van der Waals surface area contributed by atoms with E-state index < -0.39 is 0 Å². The minimum Gasteiger partial charge on any atom is -2.00 e. The summed E-state index contributed by atoms with van der Waals surface area (Å²) in [4.78, 5) is 0. The van der Waals surface area contributed by atoms with Crippen LogP contribution < -0.4 is 0 Å². The van der Waals surface area contributed by atoms with Crippen LogP contribution in [0.25, 0.3) is 0 Å². The summed E-state index contributed by atoms with van der Waals surface area (Å²) >= 11 is 0. The molecule has 6 heteroatoms. The van der Waals surface area contributed by atoms with Crippen LogP contribution in [-0.4, -0.2) is 0 Å². The molecule has 0 aliphatic rings. The first kappa shape index (κ1) is 125. The van der Waals surface area contributed by atoms with E-state index in [1.165, 1.54) is 0 Å². The van der Waals surface area contributed by atoms with Crippen LogP contribution in [0.15, 0.2) is 0 Å². The van der Waals surface area contributed by atoms with E-state index >= 15 is 0 Å². The predicted octanol–water partition coefficient (Wildman–Crippen LogP) is -0.364. The molecule has 33 valence electrons. The summed E-state index contributed by atoms with van der Waals surface area (Å²) in [5.41, 5.74) is 0. The molecule has 0 saturated heterocycles. The summed E-state index contributed by atoms with van der Waals surface area (Å²) < 4.78 is 0. The molecule has 0 N–H and O–H groups in total. The third-order valence-electron chi connectivity index (χ3n) is 0. The van der Waals surface area contributed by atoms with Gasteiger partial charge in [0, 0.05) is 0 Å². The fourth-order valence-corrected chi connectivity index (χ4v) is 0. The maximum Gasteiger partial charge on any atom is 2.00 e. The zero-order valence-corrected chi connectivity index (χ0v) is 9.82. The molecular weight excluding hydrogens is 242 g/mol. The van der Waals surface area contributed by atoms with Gasteiger partial charge in [0.1, 0.15) is 0 Å². The van der Waals surface area contributed by atoms with Gasteiger partial charge in [-0.15, -0.1) is 0 Å². The quantitative estimate of drug-likeness (QED) is 0.519. The van der Waals surface area contributed by atoms with E-state index in [1.807, 2.05) is 0 Å². The van der Waals surface area contributed by atoms with E-state index in [0.717, 1.165) is 0 Å². The molecule has 0 fully saturated rings. The molecule has 0 aromatic heterocycles. The molecule has 0 aromatic carbocycles. The molecule has 6 heavy (non-hydrogen) atoms. The molecule has 0 saturated carbocycles. The van der Waals surface area contributed by atoms with Crippen molar-refractivity contribution in [2.24, 2.45) is 0 Å². The predicted molar refractivity (Wildman–Crippen MR) is 2.06 cm³/mol. The molecule has 0 unspecified atom stereocenters. The molecule has 1 radical (unpaired) electrons. The Kier molecular flexibility index (Phi) is 1620.